The Bertz CT molecular complexity index is 1130. The van der Waals surface area contributed by atoms with E-state index in [1.807, 2.05) is 13.8 Å². The number of ether oxygens (including phenoxy) is 1. The molecule has 0 aliphatic rings. The summed E-state index contributed by atoms with van der Waals surface area (Å²) in [6.45, 7) is 3.70. The van der Waals surface area contributed by atoms with Crippen LogP contribution in [0, 0.1) is 10.1 Å². The normalized spacial score (nSPS) is 11.1. The van der Waals surface area contributed by atoms with Crippen LogP contribution < -0.4 is 25.4 Å². The fourth-order valence-corrected chi connectivity index (χ4v) is 3.20. The zero-order valence-corrected chi connectivity index (χ0v) is 19.1. The number of hydrogen-bond donors (Lipinski definition) is 3. The lowest BCUT2D eigenvalue weighted by Gasteiger charge is -2.20. The third-order valence-corrected chi connectivity index (χ3v) is 5.22. The van der Waals surface area contributed by atoms with E-state index < -0.39 is 31.5 Å². The van der Waals surface area contributed by atoms with Gasteiger partial charge < -0.3 is 15.4 Å². The molecule has 2 aromatic carbocycles. The third kappa shape index (κ3) is 7.43. The van der Waals surface area contributed by atoms with Gasteiger partial charge >= 0.3 is 12.0 Å². The highest BCUT2D eigenvalue weighted by Crippen LogP contribution is 2.27. The van der Waals surface area contributed by atoms with Gasteiger partial charge in [0.05, 0.1) is 16.2 Å². The second kappa shape index (κ2) is 10.7. The Morgan fingerprint density at radius 2 is 1.82 bits per heavy atom. The summed E-state index contributed by atoms with van der Waals surface area (Å²) in [7, 11) is -2.48. The zero-order valence-electron chi connectivity index (χ0n) is 18.3. The molecule has 0 atom stereocenters. The number of rotatable bonds is 9. The lowest BCUT2D eigenvalue weighted by atomic mass is 10.2. The van der Waals surface area contributed by atoms with E-state index in [0.717, 1.165) is 12.1 Å². The van der Waals surface area contributed by atoms with Gasteiger partial charge in [0.1, 0.15) is 11.4 Å². The van der Waals surface area contributed by atoms with Crippen molar-refractivity contribution in [2.24, 2.45) is 5.14 Å². The molecule has 13 heteroatoms. The summed E-state index contributed by atoms with van der Waals surface area (Å²) >= 11 is 0. The van der Waals surface area contributed by atoms with Crippen molar-refractivity contribution < 1.29 is 27.7 Å². The molecule has 0 unspecified atom stereocenters. The monoisotopic (exact) mass is 479 g/mol. The highest BCUT2D eigenvalue weighted by molar-refractivity contribution is 7.89. The SMILES string of the molecule is CC(C)NC(=O)N(C)c1ccc(OC(=O)CCNc2ccc(S(N)(=O)=O)cc2[N+](=O)[O-])cc1. The number of nitro groups is 1. The van der Waals surface area contributed by atoms with E-state index in [-0.39, 0.29) is 36.5 Å². The van der Waals surface area contributed by atoms with Gasteiger partial charge in [-0.25, -0.2) is 18.4 Å². The summed E-state index contributed by atoms with van der Waals surface area (Å²) in [5.41, 5.74) is 0.147. The van der Waals surface area contributed by atoms with Crippen LogP contribution in [0.4, 0.5) is 21.9 Å². The predicted octanol–water partition coefficient (Wildman–Crippen LogP) is 2.20. The van der Waals surface area contributed by atoms with Crippen LogP contribution in [0.2, 0.25) is 0 Å². The van der Waals surface area contributed by atoms with Gasteiger partial charge in [-0.05, 0) is 50.2 Å². The number of nitrogens with zero attached hydrogens (tertiary/aromatic N) is 2. The van der Waals surface area contributed by atoms with E-state index in [1.165, 1.54) is 23.1 Å². The maximum absolute atomic E-state index is 12.1. The van der Waals surface area contributed by atoms with Crippen LogP contribution in [0.1, 0.15) is 20.3 Å². The van der Waals surface area contributed by atoms with Gasteiger partial charge in [-0.3, -0.25) is 19.8 Å². The van der Waals surface area contributed by atoms with Crippen LogP contribution in [0.5, 0.6) is 5.75 Å². The number of hydrogen-bond acceptors (Lipinski definition) is 8. The lowest BCUT2D eigenvalue weighted by molar-refractivity contribution is -0.384. The first-order valence-electron chi connectivity index (χ1n) is 9.78. The molecule has 33 heavy (non-hydrogen) atoms. The topological polar surface area (TPSA) is 174 Å². The van der Waals surface area contributed by atoms with Crippen molar-refractivity contribution in [1.82, 2.24) is 5.32 Å². The van der Waals surface area contributed by atoms with Crippen molar-refractivity contribution in [3.05, 3.63) is 52.6 Å². The predicted molar refractivity (Wildman–Crippen MR) is 122 cm³/mol. The maximum Gasteiger partial charge on any atom is 0.321 e. The zero-order chi connectivity index (χ0) is 24.8. The number of amides is 2. The molecule has 0 saturated carbocycles. The molecule has 0 heterocycles. The largest absolute Gasteiger partial charge is 0.426 e. The van der Waals surface area contributed by atoms with Crippen molar-refractivity contribution in [3.63, 3.8) is 0 Å². The number of urea groups is 1. The second-order valence-corrected chi connectivity index (χ2v) is 8.85. The number of nitrogens with two attached hydrogens (primary N) is 1. The number of benzene rings is 2. The van der Waals surface area contributed by atoms with E-state index in [9.17, 15) is 28.1 Å². The Balaban J connectivity index is 1.93. The summed E-state index contributed by atoms with van der Waals surface area (Å²) in [6, 6.07) is 9.21. The maximum atomic E-state index is 12.1. The van der Waals surface area contributed by atoms with Gasteiger partial charge in [0, 0.05) is 31.4 Å². The van der Waals surface area contributed by atoms with Crippen LogP contribution in [0.15, 0.2) is 47.4 Å². The molecule has 0 saturated heterocycles. The Hall–Kier alpha value is -3.71. The Morgan fingerprint density at radius 1 is 1.18 bits per heavy atom. The van der Waals surface area contributed by atoms with Crippen LogP contribution >= 0.6 is 0 Å². The van der Waals surface area contributed by atoms with Crippen molar-refractivity contribution in [2.75, 3.05) is 23.8 Å². The minimum Gasteiger partial charge on any atom is -0.426 e. The smallest absolute Gasteiger partial charge is 0.321 e. The van der Waals surface area contributed by atoms with Gasteiger partial charge in [0.2, 0.25) is 10.0 Å². The van der Waals surface area contributed by atoms with E-state index in [1.54, 1.807) is 19.2 Å². The number of anilines is 2. The fourth-order valence-electron chi connectivity index (χ4n) is 2.67. The van der Waals surface area contributed by atoms with E-state index in [2.05, 4.69) is 10.6 Å². The van der Waals surface area contributed by atoms with Crippen LogP contribution in [-0.2, 0) is 14.8 Å². The molecule has 178 valence electrons. The van der Waals surface area contributed by atoms with Gasteiger partial charge in [0.25, 0.3) is 5.69 Å². The number of esters is 1. The number of nitro benzene ring substituents is 1. The van der Waals surface area contributed by atoms with Gasteiger partial charge in [0.15, 0.2) is 0 Å². The van der Waals surface area contributed by atoms with Crippen LogP contribution in [0.25, 0.3) is 0 Å². The van der Waals surface area contributed by atoms with Crippen LogP contribution in [-0.4, -0.2) is 45.0 Å². The lowest BCUT2D eigenvalue weighted by Crippen LogP contribution is -2.40. The molecule has 0 aliphatic heterocycles. The molecule has 2 rings (SSSR count). The number of nitrogens with one attached hydrogen (secondary N) is 2. The Kier molecular flexibility index (Phi) is 8.32. The molecular formula is C20H25N5O7S. The summed E-state index contributed by atoms with van der Waals surface area (Å²) in [5.74, 6) is -0.324. The van der Waals surface area contributed by atoms with E-state index in [4.69, 9.17) is 9.88 Å². The first kappa shape index (κ1) is 25.5. The molecule has 4 N–H and O–H groups in total. The number of carbonyl (C=O) groups excluding carboxylic acids is 2. The van der Waals surface area contributed by atoms with Crippen molar-refractivity contribution in [1.29, 1.82) is 0 Å². The first-order valence-corrected chi connectivity index (χ1v) is 11.3. The number of sulfonamides is 1. The highest BCUT2D eigenvalue weighted by atomic mass is 32.2. The summed E-state index contributed by atoms with van der Waals surface area (Å²) in [4.78, 5) is 35.6. The minimum atomic E-state index is -4.09. The Labute approximate surface area is 190 Å². The minimum absolute atomic E-state index is 0.00455. The number of carbonyl (C=O) groups is 2. The standard InChI is InChI=1S/C20H25N5O7S/c1-13(2)23-20(27)24(3)14-4-6-15(7-5-14)32-19(26)10-11-22-17-9-8-16(33(21,30)31)12-18(17)25(28)29/h4-9,12-13,22H,10-11H2,1-3H3,(H,23,27)(H2,21,30,31). The Morgan fingerprint density at radius 3 is 2.36 bits per heavy atom. The molecule has 0 fully saturated rings. The quantitative estimate of drug-likeness (QED) is 0.212. The molecule has 12 nitrogen and oxygen atoms in total. The molecular weight excluding hydrogens is 454 g/mol. The average molecular weight is 480 g/mol. The van der Waals surface area contributed by atoms with Crippen molar-refractivity contribution >= 4 is 39.1 Å². The molecule has 0 radical (unpaired) electrons. The molecule has 2 amide bonds. The average Bonchev–Trinajstić information content (AvgIpc) is 2.72. The molecule has 0 aliphatic carbocycles. The summed E-state index contributed by atoms with van der Waals surface area (Å²) < 4.78 is 28.0. The molecule has 2 aromatic rings. The fraction of sp³-hybridized carbons (Fsp3) is 0.300. The van der Waals surface area contributed by atoms with Crippen molar-refractivity contribution in [2.45, 2.75) is 31.2 Å². The van der Waals surface area contributed by atoms with E-state index >= 15 is 0 Å². The molecule has 0 spiro atoms. The van der Waals surface area contributed by atoms with Gasteiger partial charge in [-0.15, -0.1) is 0 Å². The highest BCUT2D eigenvalue weighted by Gasteiger charge is 2.19. The van der Waals surface area contributed by atoms with E-state index in [0.29, 0.717) is 5.69 Å². The van der Waals surface area contributed by atoms with Gasteiger partial charge in [-0.2, -0.15) is 0 Å². The number of primary sulfonamides is 1. The van der Waals surface area contributed by atoms with Gasteiger partial charge in [-0.1, -0.05) is 0 Å². The molecule has 0 aromatic heterocycles. The van der Waals surface area contributed by atoms with Crippen molar-refractivity contribution in [3.8, 4) is 5.75 Å². The third-order valence-electron chi connectivity index (χ3n) is 4.31. The molecule has 0 bridgehead atoms. The summed E-state index contributed by atoms with van der Waals surface area (Å²) in [6.07, 6.45) is -0.119. The summed E-state index contributed by atoms with van der Waals surface area (Å²) in [5, 5.41) is 21.7. The second-order valence-electron chi connectivity index (χ2n) is 7.29. The van der Waals surface area contributed by atoms with Crippen LogP contribution in [0.3, 0.4) is 0 Å². The first-order chi connectivity index (χ1) is 15.4.